The van der Waals surface area contributed by atoms with Crippen LogP contribution in [0.4, 0.5) is 9.18 Å². The summed E-state index contributed by atoms with van der Waals surface area (Å²) in [6, 6.07) is 14.6. The summed E-state index contributed by atoms with van der Waals surface area (Å²) < 4.78 is 13.1. The van der Waals surface area contributed by atoms with Crippen molar-refractivity contribution >= 4 is 17.8 Å². The Bertz CT molecular complexity index is 870. The van der Waals surface area contributed by atoms with Crippen molar-refractivity contribution < 1.29 is 18.8 Å². The molecule has 6 nitrogen and oxygen atoms in total. The predicted molar refractivity (Wildman–Crippen MR) is 102 cm³/mol. The van der Waals surface area contributed by atoms with E-state index in [1.807, 2.05) is 30.3 Å². The average molecular weight is 383 g/mol. The number of rotatable bonds is 7. The third-order valence-corrected chi connectivity index (χ3v) is 4.81. The number of carbonyl (C=O) groups is 3. The molecule has 1 fully saturated rings. The van der Waals surface area contributed by atoms with Gasteiger partial charge in [0, 0.05) is 6.54 Å². The lowest BCUT2D eigenvalue weighted by molar-refractivity contribution is -0.134. The second-order valence-corrected chi connectivity index (χ2v) is 6.89. The van der Waals surface area contributed by atoms with E-state index < -0.39 is 29.2 Å². The number of carbonyl (C=O) groups excluding carboxylic acids is 3. The Morgan fingerprint density at radius 1 is 1.11 bits per heavy atom. The lowest BCUT2D eigenvalue weighted by Gasteiger charge is -2.22. The Kier molecular flexibility index (Phi) is 5.73. The molecule has 0 aromatic heterocycles. The van der Waals surface area contributed by atoms with Gasteiger partial charge in [-0.1, -0.05) is 42.5 Å². The number of aryl methyl sites for hydroxylation is 1. The van der Waals surface area contributed by atoms with Gasteiger partial charge < -0.3 is 10.6 Å². The zero-order chi connectivity index (χ0) is 20.1. The van der Waals surface area contributed by atoms with Crippen LogP contribution in [-0.2, 0) is 21.5 Å². The maximum atomic E-state index is 13.1. The number of hydrogen-bond acceptors (Lipinski definition) is 3. The summed E-state index contributed by atoms with van der Waals surface area (Å²) in [6.45, 7) is 1.64. The molecule has 0 spiro atoms. The fourth-order valence-corrected chi connectivity index (χ4v) is 3.18. The molecule has 146 valence electrons. The van der Waals surface area contributed by atoms with Gasteiger partial charge in [-0.05, 0) is 43.0 Å². The van der Waals surface area contributed by atoms with E-state index >= 15 is 0 Å². The van der Waals surface area contributed by atoms with Gasteiger partial charge in [0.2, 0.25) is 5.91 Å². The third kappa shape index (κ3) is 4.19. The zero-order valence-electron chi connectivity index (χ0n) is 15.6. The van der Waals surface area contributed by atoms with Gasteiger partial charge in [0.05, 0.1) is 0 Å². The first-order valence-electron chi connectivity index (χ1n) is 9.11. The Morgan fingerprint density at radius 3 is 2.46 bits per heavy atom. The van der Waals surface area contributed by atoms with Crippen molar-refractivity contribution in [3.8, 4) is 0 Å². The zero-order valence-corrected chi connectivity index (χ0v) is 15.6. The molecule has 0 radical (unpaired) electrons. The second kappa shape index (κ2) is 8.21. The first-order valence-corrected chi connectivity index (χ1v) is 9.11. The van der Waals surface area contributed by atoms with Crippen molar-refractivity contribution in [1.82, 2.24) is 15.5 Å². The van der Waals surface area contributed by atoms with E-state index in [0.29, 0.717) is 12.1 Å². The van der Waals surface area contributed by atoms with E-state index in [4.69, 9.17) is 0 Å². The summed E-state index contributed by atoms with van der Waals surface area (Å²) in [4.78, 5) is 38.0. The van der Waals surface area contributed by atoms with Crippen LogP contribution in [0.1, 0.15) is 24.5 Å². The molecule has 0 aliphatic carbocycles. The topological polar surface area (TPSA) is 78.5 Å². The highest BCUT2D eigenvalue weighted by molar-refractivity contribution is 6.09. The molecule has 1 aliphatic heterocycles. The molecule has 1 aliphatic rings. The van der Waals surface area contributed by atoms with Gasteiger partial charge in [-0.2, -0.15) is 0 Å². The molecule has 0 bridgehead atoms. The van der Waals surface area contributed by atoms with Crippen LogP contribution in [0.15, 0.2) is 54.6 Å². The maximum Gasteiger partial charge on any atom is 0.325 e. The van der Waals surface area contributed by atoms with Gasteiger partial charge in [0.15, 0.2) is 0 Å². The highest BCUT2D eigenvalue weighted by atomic mass is 19.1. The highest BCUT2D eigenvalue weighted by Gasteiger charge is 2.49. The number of halogens is 1. The first-order chi connectivity index (χ1) is 13.4. The van der Waals surface area contributed by atoms with Crippen LogP contribution in [0, 0.1) is 5.82 Å². The number of benzene rings is 2. The Balaban J connectivity index is 1.53. The molecule has 1 unspecified atom stereocenters. The molecule has 2 aromatic carbocycles. The molecule has 7 heteroatoms. The van der Waals surface area contributed by atoms with Crippen molar-refractivity contribution in [2.24, 2.45) is 0 Å². The van der Waals surface area contributed by atoms with E-state index in [9.17, 15) is 18.8 Å². The quantitative estimate of drug-likeness (QED) is 0.569. The second-order valence-electron chi connectivity index (χ2n) is 6.89. The van der Waals surface area contributed by atoms with E-state index in [0.717, 1.165) is 17.7 Å². The van der Waals surface area contributed by atoms with E-state index in [1.54, 1.807) is 0 Å². The molecule has 4 amide bonds. The third-order valence-electron chi connectivity index (χ3n) is 4.81. The van der Waals surface area contributed by atoms with Gasteiger partial charge >= 0.3 is 6.03 Å². The summed E-state index contributed by atoms with van der Waals surface area (Å²) in [5, 5.41) is 5.33. The Labute approximate surface area is 162 Å². The fraction of sp³-hybridized carbons (Fsp3) is 0.286. The summed E-state index contributed by atoms with van der Waals surface area (Å²) in [6.07, 6.45) is 1.58. The van der Waals surface area contributed by atoms with E-state index in [1.165, 1.54) is 36.8 Å². The number of amides is 4. The normalized spacial score (nSPS) is 18.9. The Hall–Kier alpha value is -3.22. The summed E-state index contributed by atoms with van der Waals surface area (Å²) in [5.41, 5.74) is 0.317. The molecule has 2 N–H and O–H groups in total. The smallest absolute Gasteiger partial charge is 0.325 e. The van der Waals surface area contributed by atoms with Crippen LogP contribution >= 0.6 is 0 Å². The van der Waals surface area contributed by atoms with Crippen molar-refractivity contribution in [2.75, 3.05) is 13.1 Å². The molecule has 1 saturated heterocycles. The minimum atomic E-state index is -1.32. The predicted octanol–water partition coefficient (Wildman–Crippen LogP) is 2.34. The number of nitrogens with zero attached hydrogens (tertiary/aromatic N) is 1. The lowest BCUT2D eigenvalue weighted by Crippen LogP contribution is -2.43. The highest BCUT2D eigenvalue weighted by Crippen LogP contribution is 2.28. The number of hydrogen-bond donors (Lipinski definition) is 2. The first kappa shape index (κ1) is 19.5. The fourth-order valence-electron chi connectivity index (χ4n) is 3.18. The molecule has 2 aromatic rings. The van der Waals surface area contributed by atoms with Crippen molar-refractivity contribution in [3.05, 3.63) is 71.5 Å². The van der Waals surface area contributed by atoms with Crippen LogP contribution in [0.25, 0.3) is 0 Å². The van der Waals surface area contributed by atoms with Crippen LogP contribution < -0.4 is 10.6 Å². The summed E-state index contributed by atoms with van der Waals surface area (Å²) >= 11 is 0. The molecule has 28 heavy (non-hydrogen) atoms. The van der Waals surface area contributed by atoms with Crippen molar-refractivity contribution in [2.45, 2.75) is 25.3 Å². The largest absolute Gasteiger partial charge is 0.355 e. The SMILES string of the molecule is CC1(c2ccc(F)cc2)NC(=O)N(CC(=O)NCCCc2ccccc2)C1=O. The standard InChI is InChI=1S/C21H22FN3O3/c1-21(16-9-11-17(22)12-10-16)19(27)25(20(28)24-21)14-18(26)23-13-5-8-15-6-3-2-4-7-15/h2-4,6-7,9-12H,5,8,13-14H2,1H3,(H,23,26)(H,24,28). The van der Waals surface area contributed by atoms with Gasteiger partial charge in [0.25, 0.3) is 5.91 Å². The molecular weight excluding hydrogens is 361 g/mol. The van der Waals surface area contributed by atoms with Crippen LogP contribution in [0.5, 0.6) is 0 Å². The maximum absolute atomic E-state index is 13.1. The molecule has 1 atom stereocenters. The molecular formula is C21H22FN3O3. The number of nitrogens with one attached hydrogen (secondary N) is 2. The lowest BCUT2D eigenvalue weighted by atomic mass is 9.92. The van der Waals surface area contributed by atoms with E-state index in [2.05, 4.69) is 10.6 Å². The number of urea groups is 1. The summed E-state index contributed by atoms with van der Waals surface area (Å²) in [5.74, 6) is -1.38. The minimum Gasteiger partial charge on any atom is -0.355 e. The van der Waals surface area contributed by atoms with Gasteiger partial charge in [-0.3, -0.25) is 14.5 Å². The summed E-state index contributed by atoms with van der Waals surface area (Å²) in [7, 11) is 0. The monoisotopic (exact) mass is 383 g/mol. The van der Waals surface area contributed by atoms with Gasteiger partial charge in [-0.15, -0.1) is 0 Å². The van der Waals surface area contributed by atoms with Gasteiger partial charge in [0.1, 0.15) is 17.9 Å². The Morgan fingerprint density at radius 2 is 1.79 bits per heavy atom. The van der Waals surface area contributed by atoms with Crippen molar-refractivity contribution in [3.63, 3.8) is 0 Å². The molecule has 3 rings (SSSR count). The molecule has 0 saturated carbocycles. The van der Waals surface area contributed by atoms with Crippen LogP contribution in [0.3, 0.4) is 0 Å². The van der Waals surface area contributed by atoms with E-state index in [-0.39, 0.29) is 6.54 Å². The minimum absolute atomic E-state index is 0.354. The number of imide groups is 1. The van der Waals surface area contributed by atoms with Crippen molar-refractivity contribution in [1.29, 1.82) is 0 Å². The van der Waals surface area contributed by atoms with Gasteiger partial charge in [-0.25, -0.2) is 9.18 Å². The molecule has 1 heterocycles. The van der Waals surface area contributed by atoms with Crippen LogP contribution in [-0.4, -0.2) is 35.8 Å². The van der Waals surface area contributed by atoms with Crippen LogP contribution in [0.2, 0.25) is 0 Å². The average Bonchev–Trinajstić information content (AvgIpc) is 2.90.